The van der Waals surface area contributed by atoms with Crippen LogP contribution in [0.2, 0.25) is 0 Å². The van der Waals surface area contributed by atoms with E-state index in [0.29, 0.717) is 18.6 Å². The number of ether oxygens (including phenoxy) is 2. The second-order valence-corrected chi connectivity index (χ2v) is 6.82. The van der Waals surface area contributed by atoms with E-state index in [4.69, 9.17) is 14.5 Å². The van der Waals surface area contributed by atoms with Crippen molar-refractivity contribution in [1.82, 2.24) is 10.2 Å². The van der Waals surface area contributed by atoms with Crippen molar-refractivity contribution in [1.29, 1.82) is 0 Å². The van der Waals surface area contributed by atoms with Crippen LogP contribution in [0.1, 0.15) is 25.3 Å². The number of aryl methyl sites for hydroxylation is 1. The quantitative estimate of drug-likeness (QED) is 0.511. The summed E-state index contributed by atoms with van der Waals surface area (Å²) in [5, 5.41) is 3.42. The van der Waals surface area contributed by atoms with Crippen LogP contribution in [0.15, 0.2) is 29.3 Å². The molecule has 2 saturated heterocycles. The highest BCUT2D eigenvalue weighted by atomic mass is 16.5. The standard InChI is InChI=1S/C19H29N3O2/c1-3-20-18(22-11-8-19(14-22)9-12-23-15-19)21-10-13-24-17-7-5-4-6-16(17)2/h4-7H,3,8-15H2,1-2H3,(H,20,21). The molecule has 1 unspecified atom stereocenters. The minimum absolute atomic E-state index is 0.355. The SMILES string of the molecule is CCNC(=NCCOc1ccccc1C)N1CCC2(CCOC2)C1. The summed E-state index contributed by atoms with van der Waals surface area (Å²) in [6, 6.07) is 8.10. The topological polar surface area (TPSA) is 46.1 Å². The Labute approximate surface area is 145 Å². The third-order valence-electron chi connectivity index (χ3n) is 4.96. The van der Waals surface area contributed by atoms with Gasteiger partial charge in [0.25, 0.3) is 0 Å². The largest absolute Gasteiger partial charge is 0.491 e. The van der Waals surface area contributed by atoms with Gasteiger partial charge in [-0.2, -0.15) is 0 Å². The average molecular weight is 331 g/mol. The summed E-state index contributed by atoms with van der Waals surface area (Å²) in [5.74, 6) is 1.95. The van der Waals surface area contributed by atoms with Crippen molar-refractivity contribution >= 4 is 5.96 Å². The molecule has 1 atom stereocenters. The summed E-state index contributed by atoms with van der Waals surface area (Å²) in [7, 11) is 0. The Balaban J connectivity index is 1.53. The Kier molecular flexibility index (Phi) is 5.61. The molecule has 3 rings (SSSR count). The van der Waals surface area contributed by atoms with Gasteiger partial charge in [-0.1, -0.05) is 18.2 Å². The van der Waals surface area contributed by atoms with E-state index in [1.54, 1.807) is 0 Å². The number of nitrogens with one attached hydrogen (secondary N) is 1. The van der Waals surface area contributed by atoms with Crippen molar-refractivity contribution in [2.75, 3.05) is 46.0 Å². The first-order chi connectivity index (χ1) is 11.7. The lowest BCUT2D eigenvalue weighted by Crippen LogP contribution is -2.41. The Morgan fingerprint density at radius 1 is 1.38 bits per heavy atom. The van der Waals surface area contributed by atoms with Crippen molar-refractivity contribution in [3.63, 3.8) is 0 Å². The molecule has 2 aliphatic heterocycles. The molecule has 0 aromatic heterocycles. The minimum atomic E-state index is 0.355. The number of para-hydroxylation sites is 1. The molecule has 2 aliphatic rings. The molecular weight excluding hydrogens is 302 g/mol. The summed E-state index contributed by atoms with van der Waals surface area (Å²) >= 11 is 0. The molecule has 1 spiro atoms. The number of guanidine groups is 1. The number of aliphatic imine (C=N–C) groups is 1. The normalized spacial score (nSPS) is 23.9. The summed E-state index contributed by atoms with van der Waals surface area (Å²) in [6.07, 6.45) is 2.39. The molecule has 24 heavy (non-hydrogen) atoms. The molecule has 0 aliphatic carbocycles. The third-order valence-corrected chi connectivity index (χ3v) is 4.96. The van der Waals surface area contributed by atoms with E-state index in [-0.39, 0.29) is 0 Å². The summed E-state index contributed by atoms with van der Waals surface area (Å²) < 4.78 is 11.5. The molecule has 2 heterocycles. The molecule has 0 saturated carbocycles. The Hall–Kier alpha value is -1.75. The first-order valence-corrected chi connectivity index (χ1v) is 9.02. The number of benzene rings is 1. The first-order valence-electron chi connectivity index (χ1n) is 9.02. The van der Waals surface area contributed by atoms with Crippen LogP contribution in [0, 0.1) is 12.3 Å². The van der Waals surface area contributed by atoms with Gasteiger partial charge in [0.2, 0.25) is 0 Å². The number of hydrogen-bond acceptors (Lipinski definition) is 3. The summed E-state index contributed by atoms with van der Waals surface area (Å²) in [6.45, 7) is 10.3. The van der Waals surface area contributed by atoms with Gasteiger partial charge in [-0.15, -0.1) is 0 Å². The van der Waals surface area contributed by atoms with Crippen molar-refractivity contribution < 1.29 is 9.47 Å². The van der Waals surface area contributed by atoms with Crippen molar-refractivity contribution in [2.24, 2.45) is 10.4 Å². The van der Waals surface area contributed by atoms with Crippen LogP contribution in [-0.2, 0) is 4.74 Å². The van der Waals surface area contributed by atoms with Gasteiger partial charge < -0.3 is 19.7 Å². The van der Waals surface area contributed by atoms with E-state index >= 15 is 0 Å². The fourth-order valence-corrected chi connectivity index (χ4v) is 3.54. The average Bonchev–Trinajstić information content (AvgIpc) is 3.22. The lowest BCUT2D eigenvalue weighted by Gasteiger charge is -2.25. The molecule has 0 amide bonds. The van der Waals surface area contributed by atoms with Crippen LogP contribution < -0.4 is 10.1 Å². The van der Waals surface area contributed by atoms with Gasteiger partial charge in [0, 0.05) is 31.7 Å². The Morgan fingerprint density at radius 3 is 3.00 bits per heavy atom. The van der Waals surface area contributed by atoms with E-state index in [2.05, 4.69) is 30.1 Å². The fraction of sp³-hybridized carbons (Fsp3) is 0.632. The number of likely N-dealkylation sites (tertiary alicyclic amines) is 1. The molecule has 132 valence electrons. The highest BCUT2D eigenvalue weighted by molar-refractivity contribution is 5.80. The van der Waals surface area contributed by atoms with Crippen LogP contribution >= 0.6 is 0 Å². The van der Waals surface area contributed by atoms with E-state index in [1.807, 2.05) is 18.2 Å². The maximum atomic E-state index is 5.85. The monoisotopic (exact) mass is 331 g/mol. The van der Waals surface area contributed by atoms with E-state index in [9.17, 15) is 0 Å². The van der Waals surface area contributed by atoms with Crippen molar-refractivity contribution in [2.45, 2.75) is 26.7 Å². The maximum absolute atomic E-state index is 5.85. The van der Waals surface area contributed by atoms with Crippen LogP contribution in [-0.4, -0.2) is 56.9 Å². The Bertz CT molecular complexity index is 567. The number of hydrogen-bond donors (Lipinski definition) is 1. The lowest BCUT2D eigenvalue weighted by atomic mass is 9.87. The molecule has 0 radical (unpaired) electrons. The van der Waals surface area contributed by atoms with Crippen LogP contribution in [0.4, 0.5) is 0 Å². The second kappa shape index (κ2) is 7.88. The molecule has 5 nitrogen and oxygen atoms in total. The number of rotatable bonds is 5. The smallest absolute Gasteiger partial charge is 0.194 e. The highest BCUT2D eigenvalue weighted by Gasteiger charge is 2.42. The minimum Gasteiger partial charge on any atom is -0.491 e. The zero-order valence-corrected chi connectivity index (χ0v) is 14.9. The maximum Gasteiger partial charge on any atom is 0.194 e. The van der Waals surface area contributed by atoms with Gasteiger partial charge in [-0.05, 0) is 38.3 Å². The van der Waals surface area contributed by atoms with Crippen LogP contribution in [0.5, 0.6) is 5.75 Å². The molecule has 0 bridgehead atoms. The van der Waals surface area contributed by atoms with Gasteiger partial charge in [-0.3, -0.25) is 0 Å². The molecular formula is C19H29N3O2. The predicted octanol–water partition coefficient (Wildman–Crippen LogP) is 2.45. The van der Waals surface area contributed by atoms with Crippen LogP contribution in [0.3, 0.4) is 0 Å². The van der Waals surface area contributed by atoms with Crippen LogP contribution in [0.25, 0.3) is 0 Å². The Morgan fingerprint density at radius 2 is 2.25 bits per heavy atom. The zero-order chi connectivity index (χ0) is 16.8. The van der Waals surface area contributed by atoms with Gasteiger partial charge in [-0.25, -0.2) is 4.99 Å². The van der Waals surface area contributed by atoms with Gasteiger partial charge in [0.05, 0.1) is 13.2 Å². The van der Waals surface area contributed by atoms with Crippen molar-refractivity contribution in [3.05, 3.63) is 29.8 Å². The summed E-state index contributed by atoms with van der Waals surface area (Å²) in [4.78, 5) is 7.14. The van der Waals surface area contributed by atoms with E-state index in [0.717, 1.165) is 50.1 Å². The van der Waals surface area contributed by atoms with Gasteiger partial charge >= 0.3 is 0 Å². The van der Waals surface area contributed by atoms with Crippen molar-refractivity contribution in [3.8, 4) is 5.75 Å². The summed E-state index contributed by atoms with van der Waals surface area (Å²) in [5.41, 5.74) is 1.52. The molecule has 1 aromatic rings. The molecule has 1 aromatic carbocycles. The second-order valence-electron chi connectivity index (χ2n) is 6.82. The predicted molar refractivity (Wildman–Crippen MR) is 96.7 cm³/mol. The van der Waals surface area contributed by atoms with E-state index < -0.39 is 0 Å². The molecule has 5 heteroatoms. The molecule has 1 N–H and O–H groups in total. The highest BCUT2D eigenvalue weighted by Crippen LogP contribution is 2.38. The van der Waals surface area contributed by atoms with E-state index in [1.165, 1.54) is 12.8 Å². The fourth-order valence-electron chi connectivity index (χ4n) is 3.54. The number of nitrogens with zero attached hydrogens (tertiary/aromatic N) is 2. The van der Waals surface area contributed by atoms with Gasteiger partial charge in [0.15, 0.2) is 5.96 Å². The lowest BCUT2D eigenvalue weighted by molar-refractivity contribution is 0.156. The third kappa shape index (κ3) is 4.01. The zero-order valence-electron chi connectivity index (χ0n) is 14.9. The first kappa shape index (κ1) is 17.1. The van der Waals surface area contributed by atoms with Gasteiger partial charge in [0.1, 0.15) is 12.4 Å². The molecule has 2 fully saturated rings.